The number of rotatable bonds is 8. The predicted molar refractivity (Wildman–Crippen MR) is 168 cm³/mol. The van der Waals surface area contributed by atoms with E-state index >= 15 is 0 Å². The first-order valence-electron chi connectivity index (χ1n) is 14.5. The van der Waals surface area contributed by atoms with Crippen molar-refractivity contribution < 1.29 is 19.2 Å². The molecule has 1 N–H and O–H groups in total. The molecule has 0 fully saturated rings. The summed E-state index contributed by atoms with van der Waals surface area (Å²) in [4.78, 5) is 24.5. The molecule has 7 rings (SSSR count). The lowest BCUT2D eigenvalue weighted by Crippen LogP contribution is -2.24. The average molecular weight is 601 g/mol. The number of ether oxygens (including phenoxy) is 2. The largest absolute Gasteiger partial charge is 0.490 e. The number of nitrogens with one attached hydrogen (secondary N) is 1. The standard InChI is InChI=1S/C34H28N6O5/c41-34(27-18-32-33(19-31(27)40(42)43)45-16-8-15-44-32)35-20-25-12-5-7-14-29(25)39-22-26(36-37-39)21-38-28-13-6-4-11-24(28)17-30(38)23-9-2-1-3-10-23/h1-7,9-14,17-19,22H,8,15-16,20-21H2,(H,35,41). The molecule has 0 atom stereocenters. The van der Waals surface area contributed by atoms with Crippen molar-refractivity contribution in [3.8, 4) is 28.4 Å². The van der Waals surface area contributed by atoms with Crippen molar-refractivity contribution in [3.05, 3.63) is 130 Å². The zero-order valence-corrected chi connectivity index (χ0v) is 24.1. The van der Waals surface area contributed by atoms with Crippen LogP contribution in [0.5, 0.6) is 11.5 Å². The number of benzene rings is 4. The first-order valence-corrected chi connectivity index (χ1v) is 14.5. The van der Waals surface area contributed by atoms with Crippen molar-refractivity contribution >= 4 is 22.5 Å². The van der Waals surface area contributed by atoms with Crippen LogP contribution in [0.3, 0.4) is 0 Å². The molecule has 0 aliphatic carbocycles. The fraction of sp³-hybridized carbons (Fsp3) is 0.147. The smallest absolute Gasteiger partial charge is 0.286 e. The Kier molecular flexibility index (Phi) is 7.40. The van der Waals surface area contributed by atoms with Crippen molar-refractivity contribution in [2.24, 2.45) is 0 Å². The van der Waals surface area contributed by atoms with E-state index in [-0.39, 0.29) is 23.5 Å². The number of hydrogen-bond donors (Lipinski definition) is 1. The van der Waals surface area contributed by atoms with Crippen LogP contribution in [0, 0.1) is 10.1 Å². The van der Waals surface area contributed by atoms with Gasteiger partial charge < -0.3 is 19.4 Å². The van der Waals surface area contributed by atoms with Crippen LogP contribution in [-0.2, 0) is 13.1 Å². The van der Waals surface area contributed by atoms with E-state index in [4.69, 9.17) is 9.47 Å². The maximum absolute atomic E-state index is 13.3. The minimum atomic E-state index is -0.598. The van der Waals surface area contributed by atoms with E-state index in [1.54, 1.807) is 4.68 Å². The second-order valence-corrected chi connectivity index (χ2v) is 10.6. The molecule has 224 valence electrons. The van der Waals surface area contributed by atoms with Crippen LogP contribution in [0.15, 0.2) is 103 Å². The second kappa shape index (κ2) is 12.0. The fourth-order valence-electron chi connectivity index (χ4n) is 5.56. The van der Waals surface area contributed by atoms with Gasteiger partial charge in [0, 0.05) is 35.6 Å². The molecule has 0 spiro atoms. The van der Waals surface area contributed by atoms with Gasteiger partial charge in [-0.25, -0.2) is 4.68 Å². The van der Waals surface area contributed by atoms with E-state index in [2.05, 4.69) is 50.5 Å². The van der Waals surface area contributed by atoms with Gasteiger partial charge in [-0.1, -0.05) is 71.9 Å². The number of nitrogens with zero attached hydrogens (tertiary/aromatic N) is 5. The quantitative estimate of drug-likeness (QED) is 0.169. The summed E-state index contributed by atoms with van der Waals surface area (Å²) in [5.74, 6) is -0.0316. The molecule has 3 heterocycles. The topological polar surface area (TPSA) is 126 Å². The molecule has 0 unspecified atom stereocenters. The van der Waals surface area contributed by atoms with Gasteiger partial charge in [0.15, 0.2) is 11.5 Å². The van der Waals surface area contributed by atoms with E-state index in [0.717, 1.165) is 39.1 Å². The van der Waals surface area contributed by atoms with Crippen LogP contribution >= 0.6 is 0 Å². The highest BCUT2D eigenvalue weighted by Crippen LogP contribution is 2.36. The molecule has 1 aliphatic heterocycles. The third-order valence-corrected chi connectivity index (χ3v) is 7.73. The molecular weight excluding hydrogens is 572 g/mol. The molecule has 1 aliphatic rings. The number of hydrogen-bond acceptors (Lipinski definition) is 7. The summed E-state index contributed by atoms with van der Waals surface area (Å²) in [5, 5.41) is 24.7. The highest BCUT2D eigenvalue weighted by Gasteiger charge is 2.26. The Balaban J connectivity index is 1.14. The Morgan fingerprint density at radius 3 is 2.47 bits per heavy atom. The Morgan fingerprint density at radius 1 is 0.911 bits per heavy atom. The monoisotopic (exact) mass is 600 g/mol. The van der Waals surface area contributed by atoms with E-state index in [1.165, 1.54) is 12.1 Å². The number of amides is 1. The molecule has 0 bridgehead atoms. The molecule has 0 radical (unpaired) electrons. The normalized spacial score (nSPS) is 12.5. The van der Waals surface area contributed by atoms with Gasteiger partial charge in [0.25, 0.3) is 11.6 Å². The Morgan fingerprint density at radius 2 is 1.64 bits per heavy atom. The van der Waals surface area contributed by atoms with Gasteiger partial charge >= 0.3 is 0 Å². The average Bonchev–Trinajstić information content (AvgIpc) is 3.61. The summed E-state index contributed by atoms with van der Waals surface area (Å²) in [6.45, 7) is 1.39. The summed E-state index contributed by atoms with van der Waals surface area (Å²) in [5.41, 5.74) is 5.08. The first kappa shape index (κ1) is 27.8. The van der Waals surface area contributed by atoms with Gasteiger partial charge in [0.2, 0.25) is 0 Å². The van der Waals surface area contributed by atoms with Crippen molar-refractivity contribution in [3.63, 3.8) is 0 Å². The van der Waals surface area contributed by atoms with Crippen molar-refractivity contribution in [2.45, 2.75) is 19.5 Å². The number of carbonyl (C=O) groups is 1. The fourth-order valence-corrected chi connectivity index (χ4v) is 5.56. The van der Waals surface area contributed by atoms with Crippen LogP contribution in [0.25, 0.3) is 27.8 Å². The molecule has 6 aromatic rings. The van der Waals surface area contributed by atoms with Gasteiger partial charge in [0.05, 0.1) is 42.6 Å². The number of carbonyl (C=O) groups excluding carboxylic acids is 1. The third kappa shape index (κ3) is 5.58. The lowest BCUT2D eigenvalue weighted by Gasteiger charge is -2.12. The summed E-state index contributed by atoms with van der Waals surface area (Å²) < 4.78 is 15.1. The molecule has 2 aromatic heterocycles. The van der Waals surface area contributed by atoms with Crippen molar-refractivity contribution in [1.29, 1.82) is 0 Å². The molecule has 1 amide bonds. The lowest BCUT2D eigenvalue weighted by atomic mass is 10.1. The predicted octanol–water partition coefficient (Wildman–Crippen LogP) is 5.94. The second-order valence-electron chi connectivity index (χ2n) is 10.6. The van der Waals surface area contributed by atoms with E-state index in [9.17, 15) is 14.9 Å². The minimum Gasteiger partial charge on any atom is -0.490 e. The number of nitro benzene ring substituents is 1. The Hall–Kier alpha value is -5.97. The maximum atomic E-state index is 13.3. The first-order chi connectivity index (χ1) is 22.0. The highest BCUT2D eigenvalue weighted by molar-refractivity contribution is 5.99. The SMILES string of the molecule is O=C(NCc1ccccc1-n1cc(Cn2c(-c3ccccc3)cc3ccccc32)nn1)c1cc2c(cc1[N+](=O)[O-])OCCCO2. The highest BCUT2D eigenvalue weighted by atomic mass is 16.6. The van der Waals surface area contributed by atoms with E-state index in [0.29, 0.717) is 31.9 Å². The van der Waals surface area contributed by atoms with Crippen molar-refractivity contribution in [2.75, 3.05) is 13.2 Å². The molecule has 45 heavy (non-hydrogen) atoms. The van der Waals surface area contributed by atoms with Crippen LogP contribution in [0.4, 0.5) is 5.69 Å². The zero-order chi connectivity index (χ0) is 30.8. The molecule has 0 saturated heterocycles. The van der Waals surface area contributed by atoms with Gasteiger partial charge in [-0.3, -0.25) is 14.9 Å². The Bertz CT molecular complexity index is 2030. The molecule has 0 saturated carbocycles. The summed E-state index contributed by atoms with van der Waals surface area (Å²) in [6.07, 6.45) is 2.51. The third-order valence-electron chi connectivity index (χ3n) is 7.73. The van der Waals surface area contributed by atoms with Crippen LogP contribution in [0.1, 0.15) is 28.0 Å². The zero-order valence-electron chi connectivity index (χ0n) is 24.1. The Labute approximate surface area is 257 Å². The minimum absolute atomic E-state index is 0.0991. The van der Waals surface area contributed by atoms with Crippen LogP contribution in [0.2, 0.25) is 0 Å². The maximum Gasteiger partial charge on any atom is 0.286 e. The molecule has 11 heteroatoms. The molecule has 11 nitrogen and oxygen atoms in total. The van der Waals surface area contributed by atoms with E-state index < -0.39 is 10.8 Å². The molecule has 4 aromatic carbocycles. The van der Waals surface area contributed by atoms with Crippen LogP contribution in [-0.4, -0.2) is 43.6 Å². The van der Waals surface area contributed by atoms with Crippen molar-refractivity contribution in [1.82, 2.24) is 24.9 Å². The number of para-hydroxylation sites is 2. The summed E-state index contributed by atoms with van der Waals surface area (Å²) in [6, 6.07) is 30.8. The van der Waals surface area contributed by atoms with Gasteiger partial charge in [-0.05, 0) is 29.3 Å². The number of nitro groups is 1. The lowest BCUT2D eigenvalue weighted by molar-refractivity contribution is -0.385. The summed E-state index contributed by atoms with van der Waals surface area (Å²) >= 11 is 0. The number of aromatic nitrogens is 4. The van der Waals surface area contributed by atoms with Gasteiger partial charge in [-0.15, -0.1) is 5.10 Å². The summed E-state index contributed by atoms with van der Waals surface area (Å²) in [7, 11) is 0. The van der Waals surface area contributed by atoms with Crippen LogP contribution < -0.4 is 14.8 Å². The van der Waals surface area contributed by atoms with Gasteiger partial charge in [-0.2, -0.15) is 0 Å². The molecular formula is C34H28N6O5. The van der Waals surface area contributed by atoms with Gasteiger partial charge in [0.1, 0.15) is 11.3 Å². The number of fused-ring (bicyclic) bond motifs is 2. The van der Waals surface area contributed by atoms with E-state index in [1.807, 2.05) is 60.8 Å².